The molecule has 0 aliphatic carbocycles. The van der Waals surface area contributed by atoms with Crippen LogP contribution in [0.4, 0.5) is 14.5 Å². The minimum Gasteiger partial charge on any atom is -0.393 e. The first-order valence-corrected chi connectivity index (χ1v) is 9.30. The second-order valence-electron chi connectivity index (χ2n) is 7.25. The fourth-order valence-electron chi connectivity index (χ4n) is 3.51. The number of aliphatic hydroxyl groups excluding tert-OH is 1. The Bertz CT molecular complexity index is 899. The summed E-state index contributed by atoms with van der Waals surface area (Å²) < 4.78 is 28.7. The minimum absolute atomic E-state index is 0.00751. The summed E-state index contributed by atoms with van der Waals surface area (Å²) in [5.41, 5.74) is -1.09. The van der Waals surface area contributed by atoms with Crippen molar-refractivity contribution in [2.45, 2.75) is 37.4 Å². The summed E-state index contributed by atoms with van der Waals surface area (Å²) in [6.45, 7) is 0.122. The van der Waals surface area contributed by atoms with E-state index < -0.39 is 30.0 Å². The van der Waals surface area contributed by atoms with Gasteiger partial charge in [0.2, 0.25) is 0 Å². The second kappa shape index (κ2) is 8.57. The van der Waals surface area contributed by atoms with E-state index in [2.05, 4.69) is 10.6 Å². The van der Waals surface area contributed by atoms with Gasteiger partial charge < -0.3 is 20.6 Å². The number of anilines is 1. The molecule has 2 fully saturated rings. The summed E-state index contributed by atoms with van der Waals surface area (Å²) in [6.07, 6.45) is 0.858. The summed E-state index contributed by atoms with van der Waals surface area (Å²) in [6, 6.07) is 3.41. The largest absolute Gasteiger partial charge is 0.393 e. The Hall–Kier alpha value is -2.99. The SMILES string of the molecule is O=C=C1CC[C@H](NC(=O)c2ccc(N3CCC(F)(CO)CC3)cc2F)C(=C=O)N1. The van der Waals surface area contributed by atoms with Gasteiger partial charge in [0.25, 0.3) is 5.91 Å². The van der Waals surface area contributed by atoms with E-state index in [1.807, 2.05) is 0 Å². The van der Waals surface area contributed by atoms with Crippen LogP contribution >= 0.6 is 0 Å². The molecule has 1 aromatic carbocycles. The van der Waals surface area contributed by atoms with Gasteiger partial charge >= 0.3 is 0 Å². The first kappa shape index (κ1) is 20.7. The Morgan fingerprint density at radius 3 is 2.62 bits per heavy atom. The number of amides is 1. The van der Waals surface area contributed by atoms with Gasteiger partial charge in [0, 0.05) is 38.0 Å². The lowest BCUT2D eigenvalue weighted by Gasteiger charge is -2.36. The predicted octanol–water partition coefficient (Wildman–Crippen LogP) is 1.04. The van der Waals surface area contributed by atoms with Crippen LogP contribution in [-0.4, -0.2) is 54.3 Å². The number of aliphatic hydroxyl groups is 1. The van der Waals surface area contributed by atoms with Crippen LogP contribution in [0.3, 0.4) is 0 Å². The molecule has 9 heteroatoms. The number of hydrogen-bond acceptors (Lipinski definition) is 6. The zero-order chi connectivity index (χ0) is 21.0. The van der Waals surface area contributed by atoms with Gasteiger partial charge in [-0.1, -0.05) is 0 Å². The van der Waals surface area contributed by atoms with E-state index in [4.69, 9.17) is 5.11 Å². The van der Waals surface area contributed by atoms with Crippen LogP contribution in [0.2, 0.25) is 0 Å². The molecule has 3 N–H and O–H groups in total. The summed E-state index contributed by atoms with van der Waals surface area (Å²) in [5.74, 6) is 1.87. The molecule has 1 amide bonds. The standard InChI is InChI=1S/C20H21F2N3O4/c21-16-9-14(25-7-5-20(22,12-28)6-8-25)2-3-15(16)19(29)24-17-4-1-13(10-26)23-18(17)11-27/h2-3,9,17,23,28H,1,4-8,12H2,(H,24,29)/t17-/m0/s1. The van der Waals surface area contributed by atoms with Crippen molar-refractivity contribution in [3.8, 4) is 0 Å². The third-order valence-electron chi connectivity index (χ3n) is 5.36. The Kier molecular flexibility index (Phi) is 6.13. The van der Waals surface area contributed by atoms with E-state index in [0.29, 0.717) is 25.2 Å². The smallest absolute Gasteiger partial charge is 0.254 e. The summed E-state index contributed by atoms with van der Waals surface area (Å²) >= 11 is 0. The monoisotopic (exact) mass is 405 g/mol. The van der Waals surface area contributed by atoms with Crippen LogP contribution in [0.5, 0.6) is 0 Å². The number of nitrogens with one attached hydrogen (secondary N) is 2. The van der Waals surface area contributed by atoms with Crippen molar-refractivity contribution in [3.63, 3.8) is 0 Å². The van der Waals surface area contributed by atoms with Gasteiger partial charge in [-0.2, -0.15) is 0 Å². The average molecular weight is 405 g/mol. The number of carbonyl (C=O) groups is 1. The van der Waals surface area contributed by atoms with Crippen LogP contribution in [0, 0.1) is 5.82 Å². The maximum atomic E-state index is 14.6. The molecule has 154 valence electrons. The highest BCUT2D eigenvalue weighted by molar-refractivity contribution is 5.95. The van der Waals surface area contributed by atoms with Crippen molar-refractivity contribution in [3.05, 3.63) is 41.0 Å². The normalized spacial score (nSPS) is 21.1. The lowest BCUT2D eigenvalue weighted by molar-refractivity contribution is 0.0481. The van der Waals surface area contributed by atoms with Crippen molar-refractivity contribution in [1.29, 1.82) is 0 Å². The highest BCUT2D eigenvalue weighted by Gasteiger charge is 2.34. The van der Waals surface area contributed by atoms with Crippen LogP contribution in [-0.2, 0) is 9.59 Å². The molecule has 0 bridgehead atoms. The molecular weight excluding hydrogens is 384 g/mol. The molecule has 3 rings (SSSR count). The number of benzene rings is 1. The van der Waals surface area contributed by atoms with Crippen LogP contribution in [0.1, 0.15) is 36.0 Å². The number of alkyl halides is 1. The summed E-state index contributed by atoms with van der Waals surface area (Å²) in [4.78, 5) is 36.0. The van der Waals surface area contributed by atoms with Gasteiger partial charge in [0.15, 0.2) is 0 Å². The van der Waals surface area contributed by atoms with E-state index >= 15 is 0 Å². The average Bonchev–Trinajstić information content (AvgIpc) is 2.74. The highest BCUT2D eigenvalue weighted by Crippen LogP contribution is 2.30. The predicted molar refractivity (Wildman–Crippen MR) is 101 cm³/mol. The maximum absolute atomic E-state index is 14.6. The Morgan fingerprint density at radius 2 is 2.03 bits per heavy atom. The van der Waals surface area contributed by atoms with Gasteiger partial charge in [-0.3, -0.25) is 4.79 Å². The molecule has 2 saturated heterocycles. The van der Waals surface area contributed by atoms with Crippen molar-refractivity contribution in [2.24, 2.45) is 0 Å². The molecular formula is C20H21F2N3O4. The molecule has 1 atom stereocenters. The molecule has 2 aliphatic rings. The third-order valence-corrected chi connectivity index (χ3v) is 5.36. The molecule has 2 heterocycles. The number of piperidine rings is 2. The zero-order valence-corrected chi connectivity index (χ0v) is 15.6. The van der Waals surface area contributed by atoms with E-state index in [1.54, 1.807) is 22.8 Å². The Balaban J connectivity index is 1.68. The number of rotatable bonds is 4. The first-order chi connectivity index (χ1) is 13.9. The topological polar surface area (TPSA) is 98.7 Å². The van der Waals surface area contributed by atoms with Crippen LogP contribution in [0.25, 0.3) is 0 Å². The van der Waals surface area contributed by atoms with Gasteiger partial charge in [0.1, 0.15) is 34.8 Å². The molecule has 0 aromatic heterocycles. The number of nitrogens with zero attached hydrogens (tertiary/aromatic N) is 1. The minimum atomic E-state index is -1.61. The molecule has 0 spiro atoms. The Morgan fingerprint density at radius 1 is 1.31 bits per heavy atom. The molecule has 0 radical (unpaired) electrons. The van der Waals surface area contributed by atoms with Crippen molar-refractivity contribution >= 4 is 23.5 Å². The van der Waals surface area contributed by atoms with Crippen LogP contribution < -0.4 is 15.5 Å². The maximum Gasteiger partial charge on any atom is 0.254 e. The molecule has 29 heavy (non-hydrogen) atoms. The molecule has 1 aromatic rings. The number of carbonyl (C=O) groups excluding carboxylic acids is 3. The lowest BCUT2D eigenvalue weighted by atomic mass is 9.94. The van der Waals surface area contributed by atoms with Crippen LogP contribution in [0.15, 0.2) is 29.6 Å². The third kappa shape index (κ3) is 4.54. The molecule has 0 unspecified atom stereocenters. The molecule has 2 aliphatic heterocycles. The summed E-state index contributed by atoms with van der Waals surface area (Å²) in [5, 5.41) is 14.2. The second-order valence-corrected chi connectivity index (χ2v) is 7.25. The van der Waals surface area contributed by atoms with Crippen molar-refractivity contribution in [1.82, 2.24) is 10.6 Å². The fraction of sp³-hybridized carbons (Fsp3) is 0.450. The van der Waals surface area contributed by atoms with Gasteiger partial charge in [-0.15, -0.1) is 0 Å². The quantitative estimate of drug-likeness (QED) is 0.648. The lowest BCUT2D eigenvalue weighted by Crippen LogP contribution is -2.44. The number of allylic oxidation sites excluding steroid dienone is 1. The zero-order valence-electron chi connectivity index (χ0n) is 15.6. The highest BCUT2D eigenvalue weighted by atomic mass is 19.1. The number of hydrogen-bond donors (Lipinski definition) is 3. The fourth-order valence-corrected chi connectivity index (χ4v) is 3.51. The Labute approximate surface area is 166 Å². The van der Waals surface area contributed by atoms with Gasteiger partial charge in [-0.25, -0.2) is 18.4 Å². The van der Waals surface area contributed by atoms with Crippen molar-refractivity contribution in [2.75, 3.05) is 24.6 Å². The van der Waals surface area contributed by atoms with Gasteiger partial charge in [-0.05, 0) is 24.6 Å². The van der Waals surface area contributed by atoms with E-state index in [9.17, 15) is 23.2 Å². The van der Waals surface area contributed by atoms with E-state index in [0.717, 1.165) is 0 Å². The summed E-state index contributed by atoms with van der Waals surface area (Å²) in [7, 11) is 0. The molecule has 7 nitrogen and oxygen atoms in total. The van der Waals surface area contributed by atoms with Gasteiger partial charge in [0.05, 0.1) is 18.2 Å². The molecule has 0 saturated carbocycles. The van der Waals surface area contributed by atoms with Crippen molar-refractivity contribution < 1.29 is 28.3 Å². The van der Waals surface area contributed by atoms with E-state index in [1.165, 1.54) is 12.1 Å². The van der Waals surface area contributed by atoms with E-state index in [-0.39, 0.29) is 36.2 Å². The number of halogens is 2. The first-order valence-electron chi connectivity index (χ1n) is 9.30.